The Kier molecular flexibility index (Phi) is 4.59. The molecule has 0 aromatic heterocycles. The summed E-state index contributed by atoms with van der Waals surface area (Å²) in [7, 11) is 0. The molecule has 2 aromatic carbocycles. The third-order valence-electron chi connectivity index (χ3n) is 2.60. The highest BCUT2D eigenvalue weighted by Crippen LogP contribution is 2.21. The van der Waals surface area contributed by atoms with Gasteiger partial charge in [-0.1, -0.05) is 11.6 Å². The molecule has 7 heteroatoms. The number of nitrogen functional groups attached to an aromatic ring is 1. The Labute approximate surface area is 124 Å². The van der Waals surface area contributed by atoms with Crippen LogP contribution in [0.25, 0.3) is 0 Å². The normalized spacial score (nSPS) is 10.5. The molecule has 0 saturated heterocycles. The molecule has 0 atom stereocenters. The van der Waals surface area contributed by atoms with Crippen molar-refractivity contribution in [2.24, 2.45) is 0 Å². The summed E-state index contributed by atoms with van der Waals surface area (Å²) in [6.07, 6.45) is 0. The van der Waals surface area contributed by atoms with Gasteiger partial charge in [-0.25, -0.2) is 0 Å². The zero-order valence-corrected chi connectivity index (χ0v) is 11.4. The monoisotopic (exact) mass is 312 g/mol. The maximum absolute atomic E-state index is 12.0. The molecule has 2 aromatic rings. The van der Waals surface area contributed by atoms with Gasteiger partial charge in [-0.3, -0.25) is 4.79 Å². The number of hydrogen-bond donors (Lipinski definition) is 2. The number of amides is 1. The number of benzene rings is 2. The Morgan fingerprint density at radius 2 is 1.86 bits per heavy atom. The van der Waals surface area contributed by atoms with Gasteiger partial charge >= 0.3 is 6.61 Å². The Balaban J connectivity index is 2.08. The number of nitrogens with two attached hydrogens (primary N) is 1. The first kappa shape index (κ1) is 15.1. The average molecular weight is 313 g/mol. The van der Waals surface area contributed by atoms with Gasteiger partial charge in [-0.05, 0) is 42.5 Å². The molecule has 0 bridgehead atoms. The highest BCUT2D eigenvalue weighted by atomic mass is 35.5. The molecule has 0 unspecified atom stereocenters. The lowest BCUT2D eigenvalue weighted by Gasteiger charge is -2.09. The molecule has 0 aliphatic rings. The summed E-state index contributed by atoms with van der Waals surface area (Å²) in [6, 6.07) is 10.1. The molecule has 21 heavy (non-hydrogen) atoms. The molecule has 3 N–H and O–H groups in total. The lowest BCUT2D eigenvalue weighted by Crippen LogP contribution is -2.14. The zero-order valence-electron chi connectivity index (χ0n) is 10.6. The minimum absolute atomic E-state index is 0.00834. The lowest BCUT2D eigenvalue weighted by molar-refractivity contribution is -0.0498. The number of nitrogens with one attached hydrogen (secondary N) is 1. The van der Waals surface area contributed by atoms with Crippen LogP contribution in [0.4, 0.5) is 20.2 Å². The van der Waals surface area contributed by atoms with Crippen molar-refractivity contribution in [3.05, 3.63) is 53.1 Å². The van der Waals surface area contributed by atoms with Gasteiger partial charge < -0.3 is 15.8 Å². The predicted octanol–water partition coefficient (Wildman–Crippen LogP) is 3.78. The number of anilines is 2. The van der Waals surface area contributed by atoms with Crippen LogP contribution in [0.2, 0.25) is 5.02 Å². The average Bonchev–Trinajstić information content (AvgIpc) is 2.40. The number of ether oxygens (including phenoxy) is 1. The molecule has 4 nitrogen and oxygen atoms in total. The van der Waals surface area contributed by atoms with Crippen molar-refractivity contribution in [2.75, 3.05) is 11.1 Å². The van der Waals surface area contributed by atoms with Crippen LogP contribution in [-0.2, 0) is 0 Å². The summed E-state index contributed by atoms with van der Waals surface area (Å²) in [5.41, 5.74) is 6.65. The molecule has 0 radical (unpaired) electrons. The molecule has 0 spiro atoms. The van der Waals surface area contributed by atoms with E-state index in [2.05, 4.69) is 10.1 Å². The van der Waals surface area contributed by atoms with Crippen molar-refractivity contribution in [2.45, 2.75) is 6.61 Å². The van der Waals surface area contributed by atoms with E-state index in [4.69, 9.17) is 17.3 Å². The molecule has 1 amide bonds. The van der Waals surface area contributed by atoms with Crippen LogP contribution in [0.15, 0.2) is 42.5 Å². The summed E-state index contributed by atoms with van der Waals surface area (Å²) >= 11 is 5.75. The quantitative estimate of drug-likeness (QED) is 0.845. The number of hydrogen-bond acceptors (Lipinski definition) is 3. The molecule has 110 valence electrons. The molecular weight excluding hydrogens is 302 g/mol. The Bertz CT molecular complexity index is 648. The van der Waals surface area contributed by atoms with Crippen molar-refractivity contribution in [3.8, 4) is 5.75 Å². The molecule has 0 aliphatic heterocycles. The smallest absolute Gasteiger partial charge is 0.387 e. The maximum atomic E-state index is 12.0. The number of halogens is 3. The third-order valence-corrected chi connectivity index (χ3v) is 2.83. The summed E-state index contributed by atoms with van der Waals surface area (Å²) in [5, 5.41) is 3.02. The Morgan fingerprint density at radius 3 is 2.43 bits per heavy atom. The van der Waals surface area contributed by atoms with Crippen molar-refractivity contribution in [1.82, 2.24) is 0 Å². The van der Waals surface area contributed by atoms with Gasteiger partial charge in [0.25, 0.3) is 5.91 Å². The number of carbonyl (C=O) groups excluding carboxylic acids is 1. The molecule has 2 rings (SSSR count). The van der Waals surface area contributed by atoms with Gasteiger partial charge in [0.1, 0.15) is 5.75 Å². The Morgan fingerprint density at radius 1 is 1.19 bits per heavy atom. The first-order valence-electron chi connectivity index (χ1n) is 5.87. The van der Waals surface area contributed by atoms with Gasteiger partial charge in [-0.2, -0.15) is 8.78 Å². The molecular formula is C14H11ClF2N2O2. The summed E-state index contributed by atoms with van der Waals surface area (Å²) in [6.45, 7) is -2.89. The minimum Gasteiger partial charge on any atom is -0.435 e. The maximum Gasteiger partial charge on any atom is 0.387 e. The number of rotatable bonds is 4. The number of alkyl halides is 2. The van der Waals surface area contributed by atoms with E-state index in [1.165, 1.54) is 36.4 Å². The number of carbonyl (C=O) groups is 1. The van der Waals surface area contributed by atoms with E-state index in [0.29, 0.717) is 10.7 Å². The topological polar surface area (TPSA) is 64.4 Å². The van der Waals surface area contributed by atoms with Gasteiger partial charge in [0, 0.05) is 16.4 Å². The largest absolute Gasteiger partial charge is 0.435 e. The first-order valence-corrected chi connectivity index (χ1v) is 6.25. The molecule has 0 fully saturated rings. The van der Waals surface area contributed by atoms with Gasteiger partial charge in [0.15, 0.2) is 0 Å². The van der Waals surface area contributed by atoms with E-state index in [1.54, 1.807) is 6.07 Å². The van der Waals surface area contributed by atoms with Crippen LogP contribution in [0.1, 0.15) is 10.4 Å². The fraction of sp³-hybridized carbons (Fsp3) is 0.0714. The van der Waals surface area contributed by atoms with Gasteiger partial charge in [-0.15, -0.1) is 0 Å². The van der Waals surface area contributed by atoms with E-state index >= 15 is 0 Å². The fourth-order valence-corrected chi connectivity index (χ4v) is 1.84. The lowest BCUT2D eigenvalue weighted by atomic mass is 10.1. The molecule has 0 aliphatic carbocycles. The van der Waals surface area contributed by atoms with Crippen molar-refractivity contribution in [1.29, 1.82) is 0 Å². The van der Waals surface area contributed by atoms with E-state index < -0.39 is 12.5 Å². The van der Waals surface area contributed by atoms with Crippen LogP contribution >= 0.6 is 11.6 Å². The minimum atomic E-state index is -2.89. The van der Waals surface area contributed by atoms with Crippen LogP contribution in [0, 0.1) is 0 Å². The standard InChI is InChI=1S/C14H11ClF2N2O2/c15-8-1-6-11(12(18)7-8)13(20)19-9-2-4-10(5-3-9)21-14(16)17/h1-7,14H,18H2,(H,19,20). The fourth-order valence-electron chi connectivity index (χ4n) is 1.66. The summed E-state index contributed by atoms with van der Waals surface area (Å²) < 4.78 is 28.2. The second kappa shape index (κ2) is 6.41. The first-order chi connectivity index (χ1) is 9.95. The van der Waals surface area contributed by atoms with Gasteiger partial charge in [0.2, 0.25) is 0 Å². The SMILES string of the molecule is Nc1cc(Cl)ccc1C(=O)Nc1ccc(OC(F)F)cc1. The van der Waals surface area contributed by atoms with Crippen molar-refractivity contribution < 1.29 is 18.3 Å². The molecule has 0 saturated carbocycles. The zero-order chi connectivity index (χ0) is 15.4. The summed E-state index contributed by atoms with van der Waals surface area (Å²) in [4.78, 5) is 12.0. The second-order valence-corrected chi connectivity index (χ2v) is 4.53. The second-order valence-electron chi connectivity index (χ2n) is 4.09. The van der Waals surface area contributed by atoms with Gasteiger partial charge in [0.05, 0.1) is 5.56 Å². The Hall–Kier alpha value is -2.34. The highest BCUT2D eigenvalue weighted by molar-refractivity contribution is 6.31. The summed E-state index contributed by atoms with van der Waals surface area (Å²) in [5.74, 6) is -0.416. The third kappa shape index (κ3) is 4.06. The van der Waals surface area contributed by atoms with E-state index in [0.717, 1.165) is 0 Å². The van der Waals surface area contributed by atoms with Crippen molar-refractivity contribution in [3.63, 3.8) is 0 Å². The van der Waals surface area contributed by atoms with Crippen LogP contribution in [-0.4, -0.2) is 12.5 Å². The van der Waals surface area contributed by atoms with Crippen LogP contribution < -0.4 is 15.8 Å². The predicted molar refractivity (Wildman–Crippen MR) is 76.9 cm³/mol. The molecule has 0 heterocycles. The van der Waals surface area contributed by atoms with Crippen LogP contribution in [0.3, 0.4) is 0 Å². The highest BCUT2D eigenvalue weighted by Gasteiger charge is 2.11. The van der Waals surface area contributed by atoms with E-state index in [9.17, 15) is 13.6 Å². The van der Waals surface area contributed by atoms with E-state index in [1.807, 2.05) is 0 Å². The van der Waals surface area contributed by atoms with Crippen molar-refractivity contribution >= 4 is 28.9 Å². The van der Waals surface area contributed by atoms with Crippen LogP contribution in [0.5, 0.6) is 5.75 Å². The van der Waals surface area contributed by atoms with E-state index in [-0.39, 0.29) is 17.0 Å².